The first-order chi connectivity index (χ1) is 9.56. The summed E-state index contributed by atoms with van der Waals surface area (Å²) >= 11 is 3.36. The summed E-state index contributed by atoms with van der Waals surface area (Å²) < 4.78 is 6.29. The summed E-state index contributed by atoms with van der Waals surface area (Å²) in [5.41, 5.74) is 0.775. The molecule has 2 aromatic rings. The normalized spacial score (nSPS) is 13.8. The van der Waals surface area contributed by atoms with Crippen molar-refractivity contribution in [2.24, 2.45) is 0 Å². The fraction of sp³-hybridized carbons (Fsp3) is 0.267. The van der Waals surface area contributed by atoms with Crippen LogP contribution >= 0.6 is 15.9 Å². The summed E-state index contributed by atoms with van der Waals surface area (Å²) in [4.78, 5) is 12.1. The Balaban J connectivity index is 1.90. The van der Waals surface area contributed by atoms with E-state index in [4.69, 9.17) is 4.42 Å². The van der Waals surface area contributed by atoms with Crippen molar-refractivity contribution in [1.29, 1.82) is 0 Å². The molecule has 2 rings (SSSR count). The maximum atomic E-state index is 12.1. The van der Waals surface area contributed by atoms with Crippen LogP contribution in [0.5, 0.6) is 0 Å². The van der Waals surface area contributed by atoms with Gasteiger partial charge in [0, 0.05) is 10.2 Å². The number of anilines is 1. The van der Waals surface area contributed by atoms with Crippen molar-refractivity contribution in [2.75, 3.05) is 5.32 Å². The van der Waals surface area contributed by atoms with Crippen molar-refractivity contribution in [3.8, 4) is 0 Å². The molecule has 1 heterocycles. The summed E-state index contributed by atoms with van der Waals surface area (Å²) in [6.45, 7) is 3.79. The summed E-state index contributed by atoms with van der Waals surface area (Å²) in [5, 5.41) is 6.07. The highest BCUT2D eigenvalue weighted by Crippen LogP contribution is 2.15. The fourth-order valence-electron chi connectivity index (χ4n) is 1.85. The second-order valence-corrected chi connectivity index (χ2v) is 5.54. The highest BCUT2D eigenvalue weighted by Gasteiger charge is 2.17. The first-order valence-corrected chi connectivity index (χ1v) is 7.21. The molecule has 4 nitrogen and oxygen atoms in total. The van der Waals surface area contributed by atoms with Crippen LogP contribution in [0.3, 0.4) is 0 Å². The monoisotopic (exact) mass is 336 g/mol. The van der Waals surface area contributed by atoms with Crippen molar-refractivity contribution < 1.29 is 9.21 Å². The quantitative estimate of drug-likeness (QED) is 0.874. The first-order valence-electron chi connectivity index (χ1n) is 6.42. The lowest BCUT2D eigenvalue weighted by molar-refractivity contribution is -0.118. The van der Waals surface area contributed by atoms with Crippen molar-refractivity contribution in [1.82, 2.24) is 5.32 Å². The van der Waals surface area contributed by atoms with Gasteiger partial charge in [0.05, 0.1) is 18.3 Å². The van der Waals surface area contributed by atoms with Gasteiger partial charge >= 0.3 is 0 Å². The predicted molar refractivity (Wildman–Crippen MR) is 82.5 cm³/mol. The zero-order valence-corrected chi connectivity index (χ0v) is 13.0. The minimum absolute atomic E-state index is 0.0179. The SMILES string of the molecule is C[C@H](N[C@H](C)C(=O)Nc1ccc(Br)cc1)c1ccco1. The van der Waals surface area contributed by atoms with Crippen LogP contribution in [-0.4, -0.2) is 11.9 Å². The van der Waals surface area contributed by atoms with E-state index in [0.717, 1.165) is 15.9 Å². The number of rotatable bonds is 5. The molecule has 0 bridgehead atoms. The Morgan fingerprint density at radius 2 is 1.90 bits per heavy atom. The van der Waals surface area contributed by atoms with E-state index in [2.05, 4.69) is 26.6 Å². The average molecular weight is 337 g/mol. The molecule has 0 aliphatic rings. The zero-order chi connectivity index (χ0) is 14.5. The molecule has 0 aliphatic carbocycles. The van der Waals surface area contributed by atoms with Crippen LogP contribution in [0, 0.1) is 0 Å². The van der Waals surface area contributed by atoms with Crippen LogP contribution in [-0.2, 0) is 4.79 Å². The van der Waals surface area contributed by atoms with E-state index in [1.165, 1.54) is 0 Å². The Bertz CT molecular complexity index is 552. The maximum absolute atomic E-state index is 12.1. The smallest absolute Gasteiger partial charge is 0.241 e. The van der Waals surface area contributed by atoms with Crippen LogP contribution in [0.2, 0.25) is 0 Å². The van der Waals surface area contributed by atoms with E-state index < -0.39 is 0 Å². The Morgan fingerprint density at radius 3 is 2.50 bits per heavy atom. The molecule has 1 aromatic heterocycles. The molecule has 1 amide bonds. The van der Waals surface area contributed by atoms with Gasteiger partial charge in [-0.1, -0.05) is 15.9 Å². The van der Waals surface area contributed by atoms with Gasteiger partial charge in [-0.05, 0) is 50.2 Å². The van der Waals surface area contributed by atoms with E-state index in [0.29, 0.717) is 0 Å². The molecular formula is C15H17BrN2O2. The van der Waals surface area contributed by atoms with E-state index in [1.54, 1.807) is 6.26 Å². The summed E-state index contributed by atoms with van der Waals surface area (Å²) in [7, 11) is 0. The number of hydrogen-bond donors (Lipinski definition) is 2. The minimum atomic E-state index is -0.321. The molecule has 0 saturated carbocycles. The lowest BCUT2D eigenvalue weighted by Crippen LogP contribution is -2.39. The van der Waals surface area contributed by atoms with E-state index in [1.807, 2.05) is 50.2 Å². The molecule has 2 N–H and O–H groups in total. The summed E-state index contributed by atoms with van der Waals surface area (Å²) in [6.07, 6.45) is 1.63. The Hall–Kier alpha value is -1.59. The predicted octanol–water partition coefficient (Wildman–Crippen LogP) is 3.72. The van der Waals surface area contributed by atoms with Gasteiger partial charge < -0.3 is 9.73 Å². The second kappa shape index (κ2) is 6.72. The molecular weight excluding hydrogens is 320 g/mol. The molecule has 0 spiro atoms. The summed E-state index contributed by atoms with van der Waals surface area (Å²) in [5.74, 6) is 0.735. The van der Waals surface area contributed by atoms with Gasteiger partial charge in [-0.15, -0.1) is 0 Å². The number of furan rings is 1. The highest BCUT2D eigenvalue weighted by atomic mass is 79.9. The third-order valence-electron chi connectivity index (χ3n) is 2.98. The number of carbonyl (C=O) groups excluding carboxylic acids is 1. The molecule has 2 atom stereocenters. The number of hydrogen-bond acceptors (Lipinski definition) is 3. The molecule has 0 fully saturated rings. The van der Waals surface area contributed by atoms with Crippen molar-refractivity contribution in [3.63, 3.8) is 0 Å². The minimum Gasteiger partial charge on any atom is -0.468 e. The van der Waals surface area contributed by atoms with Crippen LogP contribution in [0.15, 0.2) is 51.6 Å². The maximum Gasteiger partial charge on any atom is 0.241 e. The topological polar surface area (TPSA) is 54.3 Å². The van der Waals surface area contributed by atoms with Gasteiger partial charge in [0.2, 0.25) is 5.91 Å². The second-order valence-electron chi connectivity index (χ2n) is 4.62. The van der Waals surface area contributed by atoms with Crippen LogP contribution in [0.1, 0.15) is 25.6 Å². The van der Waals surface area contributed by atoms with Crippen LogP contribution in [0.25, 0.3) is 0 Å². The highest BCUT2D eigenvalue weighted by molar-refractivity contribution is 9.10. The summed E-state index contributed by atoms with van der Waals surface area (Å²) in [6, 6.07) is 10.9. The molecule has 106 valence electrons. The van der Waals surface area contributed by atoms with Gasteiger partial charge in [-0.2, -0.15) is 0 Å². The molecule has 0 radical (unpaired) electrons. The molecule has 20 heavy (non-hydrogen) atoms. The third kappa shape index (κ3) is 3.95. The molecule has 1 aromatic carbocycles. The van der Waals surface area contributed by atoms with Crippen molar-refractivity contribution in [3.05, 3.63) is 52.9 Å². The molecule has 0 aliphatic heterocycles. The fourth-order valence-corrected chi connectivity index (χ4v) is 2.12. The lowest BCUT2D eigenvalue weighted by Gasteiger charge is -2.18. The number of carbonyl (C=O) groups is 1. The Labute approximate surface area is 126 Å². The third-order valence-corrected chi connectivity index (χ3v) is 3.50. The number of nitrogens with one attached hydrogen (secondary N) is 2. The van der Waals surface area contributed by atoms with E-state index >= 15 is 0 Å². The van der Waals surface area contributed by atoms with E-state index in [9.17, 15) is 4.79 Å². The average Bonchev–Trinajstić information content (AvgIpc) is 2.95. The van der Waals surface area contributed by atoms with Crippen LogP contribution < -0.4 is 10.6 Å². The zero-order valence-electron chi connectivity index (χ0n) is 11.4. The van der Waals surface area contributed by atoms with Gasteiger partial charge in [0.25, 0.3) is 0 Å². The van der Waals surface area contributed by atoms with Gasteiger partial charge in [0.15, 0.2) is 0 Å². The standard InChI is InChI=1S/C15H17BrN2O2/c1-10(14-4-3-9-20-14)17-11(2)15(19)18-13-7-5-12(16)6-8-13/h3-11,17H,1-2H3,(H,18,19)/t10-,11+/m0/s1. The van der Waals surface area contributed by atoms with Crippen molar-refractivity contribution >= 4 is 27.5 Å². The Kier molecular flexibility index (Phi) is 4.98. The Morgan fingerprint density at radius 1 is 1.20 bits per heavy atom. The number of halogens is 1. The molecule has 0 saturated heterocycles. The van der Waals surface area contributed by atoms with E-state index in [-0.39, 0.29) is 18.0 Å². The number of amides is 1. The van der Waals surface area contributed by atoms with Crippen LogP contribution in [0.4, 0.5) is 5.69 Å². The largest absolute Gasteiger partial charge is 0.468 e. The lowest BCUT2D eigenvalue weighted by atomic mass is 10.2. The molecule has 0 unspecified atom stereocenters. The van der Waals surface area contributed by atoms with Gasteiger partial charge in [0.1, 0.15) is 5.76 Å². The first kappa shape index (κ1) is 14.8. The van der Waals surface area contributed by atoms with Crippen molar-refractivity contribution in [2.45, 2.75) is 25.9 Å². The number of benzene rings is 1. The molecule has 5 heteroatoms. The van der Waals surface area contributed by atoms with Gasteiger partial charge in [-0.3, -0.25) is 10.1 Å². The van der Waals surface area contributed by atoms with Gasteiger partial charge in [-0.25, -0.2) is 0 Å².